The lowest BCUT2D eigenvalue weighted by atomic mass is 10.0. The zero-order valence-corrected chi connectivity index (χ0v) is 12.0. The van der Waals surface area contributed by atoms with Gasteiger partial charge in [-0.15, -0.1) is 0 Å². The summed E-state index contributed by atoms with van der Waals surface area (Å²) >= 11 is 8.47. The molecule has 2 atom stereocenters. The van der Waals surface area contributed by atoms with Crippen molar-refractivity contribution >= 4 is 39.9 Å². The van der Waals surface area contributed by atoms with Crippen molar-refractivity contribution in [3.8, 4) is 0 Å². The first kappa shape index (κ1) is 12.5. The van der Waals surface area contributed by atoms with Crippen LogP contribution in [-0.2, 0) is 0 Å². The molecule has 2 nitrogen and oxygen atoms in total. The maximum atomic E-state index is 6.20. The van der Waals surface area contributed by atoms with Gasteiger partial charge < -0.3 is 11.1 Å². The fraction of sp³-hybridized carbons (Fsp3) is 0.500. The molecule has 1 aromatic rings. The van der Waals surface area contributed by atoms with E-state index in [9.17, 15) is 0 Å². The Morgan fingerprint density at radius 2 is 2.25 bits per heavy atom. The number of hydrogen-bond donors (Lipinski definition) is 2. The van der Waals surface area contributed by atoms with Crippen LogP contribution >= 0.6 is 34.2 Å². The maximum Gasteiger partial charge on any atom is 0.0648 e. The molecule has 1 saturated carbocycles. The maximum absolute atomic E-state index is 6.20. The molecule has 1 fully saturated rings. The van der Waals surface area contributed by atoms with Gasteiger partial charge in [-0.2, -0.15) is 0 Å². The molecule has 0 aliphatic heterocycles. The topological polar surface area (TPSA) is 38.0 Å². The van der Waals surface area contributed by atoms with Gasteiger partial charge in [0.2, 0.25) is 0 Å². The van der Waals surface area contributed by atoms with Crippen LogP contribution in [-0.4, -0.2) is 12.6 Å². The summed E-state index contributed by atoms with van der Waals surface area (Å²) in [4.78, 5) is 0. The Kier molecular flexibility index (Phi) is 4.33. The lowest BCUT2D eigenvalue weighted by Gasteiger charge is -2.21. The molecule has 0 amide bonds. The Labute approximate surface area is 115 Å². The first-order valence-electron chi connectivity index (χ1n) is 5.62. The van der Waals surface area contributed by atoms with Crippen LogP contribution in [0, 0.1) is 9.49 Å². The van der Waals surface area contributed by atoms with Crippen molar-refractivity contribution in [2.75, 3.05) is 11.9 Å². The molecule has 0 radical (unpaired) electrons. The number of nitrogens with two attached hydrogens (primary N) is 1. The van der Waals surface area contributed by atoms with Gasteiger partial charge in [-0.25, -0.2) is 0 Å². The summed E-state index contributed by atoms with van der Waals surface area (Å²) in [6, 6.07) is 6.59. The van der Waals surface area contributed by atoms with E-state index in [2.05, 4.69) is 40.0 Å². The summed E-state index contributed by atoms with van der Waals surface area (Å²) in [6.07, 6.45) is 3.70. The Hall–Kier alpha value is -0.0000000000000000555. The van der Waals surface area contributed by atoms with Gasteiger partial charge in [0.15, 0.2) is 0 Å². The molecule has 0 spiro atoms. The van der Waals surface area contributed by atoms with E-state index in [1.165, 1.54) is 19.3 Å². The third-order valence-electron chi connectivity index (χ3n) is 3.23. The van der Waals surface area contributed by atoms with Crippen molar-refractivity contribution < 1.29 is 0 Å². The lowest BCUT2D eigenvalue weighted by molar-refractivity contribution is 0.516. The van der Waals surface area contributed by atoms with E-state index >= 15 is 0 Å². The number of halogens is 2. The highest BCUT2D eigenvalue weighted by molar-refractivity contribution is 14.1. The summed E-state index contributed by atoms with van der Waals surface area (Å²) in [5.74, 6) is 0.593. The van der Waals surface area contributed by atoms with Crippen LogP contribution in [0.5, 0.6) is 0 Å². The molecule has 3 N–H and O–H groups in total. The van der Waals surface area contributed by atoms with Gasteiger partial charge in [-0.1, -0.05) is 18.0 Å². The smallest absolute Gasteiger partial charge is 0.0648 e. The summed E-state index contributed by atoms with van der Waals surface area (Å²) in [5, 5.41) is 4.32. The lowest BCUT2D eigenvalue weighted by Crippen LogP contribution is -2.29. The average Bonchev–Trinajstić information content (AvgIpc) is 2.69. The SMILES string of the molecule is NCC1CCCC1Nc1ccc(I)cc1Cl. The van der Waals surface area contributed by atoms with Crippen molar-refractivity contribution in [2.45, 2.75) is 25.3 Å². The zero-order chi connectivity index (χ0) is 11.5. The minimum Gasteiger partial charge on any atom is -0.381 e. The monoisotopic (exact) mass is 350 g/mol. The quantitative estimate of drug-likeness (QED) is 0.819. The number of rotatable bonds is 3. The third kappa shape index (κ3) is 2.81. The summed E-state index contributed by atoms with van der Waals surface area (Å²) in [6.45, 7) is 0.764. The van der Waals surface area contributed by atoms with E-state index in [1.807, 2.05) is 6.07 Å². The number of benzene rings is 1. The summed E-state index contributed by atoms with van der Waals surface area (Å²) < 4.78 is 1.16. The van der Waals surface area contributed by atoms with Gasteiger partial charge in [-0.05, 0) is 66.1 Å². The van der Waals surface area contributed by atoms with E-state index < -0.39 is 0 Å². The normalized spacial score (nSPS) is 24.7. The van der Waals surface area contributed by atoms with Crippen LogP contribution < -0.4 is 11.1 Å². The van der Waals surface area contributed by atoms with Gasteiger partial charge >= 0.3 is 0 Å². The van der Waals surface area contributed by atoms with Crippen LogP contribution in [0.15, 0.2) is 18.2 Å². The Bertz CT molecular complexity index is 370. The molecule has 4 heteroatoms. The minimum absolute atomic E-state index is 0.488. The molecule has 0 saturated heterocycles. The van der Waals surface area contributed by atoms with Gasteiger partial charge in [0.1, 0.15) is 0 Å². The van der Waals surface area contributed by atoms with Gasteiger partial charge in [0.05, 0.1) is 10.7 Å². The largest absolute Gasteiger partial charge is 0.381 e. The standard InChI is InChI=1S/C12H16ClIN2/c13-10-6-9(14)4-5-12(10)16-11-3-1-2-8(11)7-15/h4-6,8,11,16H,1-3,7,15H2. The summed E-state index contributed by atoms with van der Waals surface area (Å²) in [5.41, 5.74) is 6.80. The predicted molar refractivity (Wildman–Crippen MR) is 78.0 cm³/mol. The first-order chi connectivity index (χ1) is 7.70. The molecule has 2 rings (SSSR count). The van der Waals surface area contributed by atoms with Crippen molar-refractivity contribution in [3.63, 3.8) is 0 Å². The van der Waals surface area contributed by atoms with Gasteiger partial charge in [0, 0.05) is 9.61 Å². The molecule has 0 heterocycles. The van der Waals surface area contributed by atoms with Crippen molar-refractivity contribution in [1.82, 2.24) is 0 Å². The van der Waals surface area contributed by atoms with Crippen LogP contribution in [0.2, 0.25) is 5.02 Å². The highest BCUT2D eigenvalue weighted by Crippen LogP contribution is 2.31. The average molecular weight is 351 g/mol. The van der Waals surface area contributed by atoms with Crippen molar-refractivity contribution in [1.29, 1.82) is 0 Å². The third-order valence-corrected chi connectivity index (χ3v) is 4.22. The van der Waals surface area contributed by atoms with E-state index in [0.29, 0.717) is 12.0 Å². The second kappa shape index (κ2) is 5.56. The first-order valence-corrected chi connectivity index (χ1v) is 7.08. The van der Waals surface area contributed by atoms with Crippen molar-refractivity contribution in [3.05, 3.63) is 26.8 Å². The van der Waals surface area contributed by atoms with E-state index in [0.717, 1.165) is 20.8 Å². The van der Waals surface area contributed by atoms with Crippen LogP contribution in [0.25, 0.3) is 0 Å². The number of anilines is 1. The van der Waals surface area contributed by atoms with Gasteiger partial charge in [-0.3, -0.25) is 0 Å². The molecule has 1 aliphatic carbocycles. The zero-order valence-electron chi connectivity index (χ0n) is 9.05. The second-order valence-electron chi connectivity index (χ2n) is 4.30. The Balaban J connectivity index is 2.08. The molecule has 88 valence electrons. The fourth-order valence-corrected chi connectivity index (χ4v) is 3.23. The van der Waals surface area contributed by atoms with Crippen LogP contribution in [0.4, 0.5) is 5.69 Å². The highest BCUT2D eigenvalue weighted by Gasteiger charge is 2.26. The number of hydrogen-bond acceptors (Lipinski definition) is 2. The van der Waals surface area contributed by atoms with Gasteiger partial charge in [0.25, 0.3) is 0 Å². The van der Waals surface area contributed by atoms with Crippen LogP contribution in [0.1, 0.15) is 19.3 Å². The van der Waals surface area contributed by atoms with E-state index in [1.54, 1.807) is 0 Å². The van der Waals surface area contributed by atoms with E-state index in [-0.39, 0.29) is 0 Å². The number of nitrogens with one attached hydrogen (secondary N) is 1. The molecule has 0 bridgehead atoms. The van der Waals surface area contributed by atoms with Crippen molar-refractivity contribution in [2.24, 2.45) is 11.7 Å². The molecule has 1 aromatic carbocycles. The minimum atomic E-state index is 0.488. The Morgan fingerprint density at radius 3 is 2.94 bits per heavy atom. The van der Waals surface area contributed by atoms with Crippen LogP contribution in [0.3, 0.4) is 0 Å². The van der Waals surface area contributed by atoms with E-state index in [4.69, 9.17) is 17.3 Å². The fourth-order valence-electron chi connectivity index (χ4n) is 2.32. The predicted octanol–water partition coefficient (Wildman–Crippen LogP) is 3.48. The molecule has 0 aromatic heterocycles. The highest BCUT2D eigenvalue weighted by atomic mass is 127. The second-order valence-corrected chi connectivity index (χ2v) is 5.95. The molecular weight excluding hydrogens is 335 g/mol. The molecule has 1 aliphatic rings. The molecular formula is C12H16ClIN2. The molecule has 2 unspecified atom stereocenters. The summed E-state index contributed by atoms with van der Waals surface area (Å²) in [7, 11) is 0. The Morgan fingerprint density at radius 1 is 1.44 bits per heavy atom. The molecule has 16 heavy (non-hydrogen) atoms.